The van der Waals surface area contributed by atoms with E-state index in [9.17, 15) is 4.79 Å². The smallest absolute Gasteiger partial charge is 0.150 e. The monoisotopic (exact) mass is 193 g/mol. The fourth-order valence-electron chi connectivity index (χ4n) is 1.57. The van der Waals surface area contributed by atoms with E-state index in [-0.39, 0.29) is 0 Å². The summed E-state index contributed by atoms with van der Waals surface area (Å²) < 4.78 is 5.23. The van der Waals surface area contributed by atoms with Gasteiger partial charge in [-0.3, -0.25) is 4.79 Å². The fourth-order valence-corrected chi connectivity index (χ4v) is 1.57. The molecular formula is C11H15NO2. The van der Waals surface area contributed by atoms with Crippen molar-refractivity contribution in [2.45, 2.75) is 6.92 Å². The topological polar surface area (TPSA) is 29.5 Å². The molecule has 0 saturated carbocycles. The molecule has 0 aliphatic rings. The first kappa shape index (κ1) is 10.6. The van der Waals surface area contributed by atoms with E-state index in [1.807, 2.05) is 32.0 Å². The number of anilines is 1. The number of aldehydes is 1. The predicted octanol–water partition coefficient (Wildman–Crippen LogP) is 1.88. The highest BCUT2D eigenvalue weighted by Crippen LogP contribution is 2.31. The predicted molar refractivity (Wildman–Crippen MR) is 57.4 cm³/mol. The van der Waals surface area contributed by atoms with Crippen LogP contribution in [0.5, 0.6) is 5.75 Å². The molecule has 3 nitrogen and oxygen atoms in total. The Kier molecular flexibility index (Phi) is 3.12. The van der Waals surface area contributed by atoms with Crippen molar-refractivity contribution in [3.05, 3.63) is 23.3 Å². The molecule has 0 aliphatic carbocycles. The Bertz CT molecular complexity index is 345. The van der Waals surface area contributed by atoms with Crippen molar-refractivity contribution >= 4 is 12.0 Å². The highest BCUT2D eigenvalue weighted by Gasteiger charge is 2.09. The quantitative estimate of drug-likeness (QED) is 0.686. The Labute approximate surface area is 84.3 Å². The van der Waals surface area contributed by atoms with E-state index < -0.39 is 0 Å². The van der Waals surface area contributed by atoms with Gasteiger partial charge in [0, 0.05) is 19.7 Å². The van der Waals surface area contributed by atoms with E-state index in [1.165, 1.54) is 0 Å². The molecule has 0 fully saturated rings. The molecule has 3 heteroatoms. The summed E-state index contributed by atoms with van der Waals surface area (Å²) >= 11 is 0. The number of nitrogens with zero attached hydrogens (tertiary/aromatic N) is 1. The zero-order chi connectivity index (χ0) is 10.7. The van der Waals surface area contributed by atoms with Crippen molar-refractivity contribution in [3.8, 4) is 5.75 Å². The van der Waals surface area contributed by atoms with Gasteiger partial charge in [0.1, 0.15) is 12.0 Å². The molecular weight excluding hydrogens is 178 g/mol. The zero-order valence-corrected chi connectivity index (χ0v) is 9.00. The molecule has 1 aromatic rings. The second-order valence-corrected chi connectivity index (χ2v) is 3.40. The lowest BCUT2D eigenvalue weighted by atomic mass is 10.1. The van der Waals surface area contributed by atoms with Crippen LogP contribution in [0.1, 0.15) is 15.9 Å². The number of benzene rings is 1. The van der Waals surface area contributed by atoms with E-state index in [1.54, 1.807) is 13.2 Å². The van der Waals surface area contributed by atoms with Crippen LogP contribution in [0.25, 0.3) is 0 Å². The number of rotatable bonds is 3. The first-order valence-corrected chi connectivity index (χ1v) is 4.41. The molecule has 0 bridgehead atoms. The molecule has 76 valence electrons. The lowest BCUT2D eigenvalue weighted by Crippen LogP contribution is -2.12. The third-order valence-electron chi connectivity index (χ3n) is 2.09. The maximum Gasteiger partial charge on any atom is 0.150 e. The van der Waals surface area contributed by atoms with Gasteiger partial charge in [0.05, 0.1) is 12.8 Å². The van der Waals surface area contributed by atoms with Gasteiger partial charge in [0.25, 0.3) is 0 Å². The van der Waals surface area contributed by atoms with E-state index in [0.29, 0.717) is 5.56 Å². The molecule has 0 aliphatic heterocycles. The highest BCUT2D eigenvalue weighted by molar-refractivity contribution is 5.79. The number of carbonyl (C=O) groups excluding carboxylic acids is 1. The van der Waals surface area contributed by atoms with Crippen LogP contribution in [-0.2, 0) is 0 Å². The van der Waals surface area contributed by atoms with Crippen LogP contribution in [0.4, 0.5) is 5.69 Å². The molecule has 0 atom stereocenters. The number of hydrogen-bond acceptors (Lipinski definition) is 3. The summed E-state index contributed by atoms with van der Waals surface area (Å²) in [5.74, 6) is 0.733. The Morgan fingerprint density at radius 3 is 2.43 bits per heavy atom. The minimum Gasteiger partial charge on any atom is -0.495 e. The second kappa shape index (κ2) is 4.13. The van der Waals surface area contributed by atoms with E-state index in [0.717, 1.165) is 23.3 Å². The summed E-state index contributed by atoms with van der Waals surface area (Å²) in [5, 5.41) is 0. The molecule has 0 radical (unpaired) electrons. The summed E-state index contributed by atoms with van der Waals surface area (Å²) in [5.41, 5.74) is 2.69. The normalized spacial score (nSPS) is 9.71. The van der Waals surface area contributed by atoms with Gasteiger partial charge in [-0.15, -0.1) is 0 Å². The molecule has 0 amide bonds. The maximum atomic E-state index is 10.6. The first-order valence-electron chi connectivity index (χ1n) is 4.41. The van der Waals surface area contributed by atoms with Crippen LogP contribution in [0.15, 0.2) is 12.1 Å². The number of ether oxygens (including phenoxy) is 1. The number of aryl methyl sites for hydroxylation is 1. The van der Waals surface area contributed by atoms with Crippen LogP contribution in [0.3, 0.4) is 0 Å². The Hall–Kier alpha value is -1.51. The van der Waals surface area contributed by atoms with Crippen LogP contribution < -0.4 is 9.64 Å². The van der Waals surface area contributed by atoms with Crippen LogP contribution in [0, 0.1) is 6.92 Å². The average Bonchev–Trinajstić information content (AvgIpc) is 2.15. The van der Waals surface area contributed by atoms with Crippen molar-refractivity contribution in [2.24, 2.45) is 0 Å². The third kappa shape index (κ3) is 1.87. The molecule has 0 aromatic heterocycles. The van der Waals surface area contributed by atoms with Crippen molar-refractivity contribution < 1.29 is 9.53 Å². The summed E-state index contributed by atoms with van der Waals surface area (Å²) in [6.45, 7) is 1.96. The van der Waals surface area contributed by atoms with Gasteiger partial charge < -0.3 is 9.64 Å². The summed E-state index contributed by atoms with van der Waals surface area (Å²) in [6.07, 6.45) is 0.828. The van der Waals surface area contributed by atoms with Gasteiger partial charge in [-0.2, -0.15) is 0 Å². The summed E-state index contributed by atoms with van der Waals surface area (Å²) in [4.78, 5) is 12.6. The van der Waals surface area contributed by atoms with E-state index >= 15 is 0 Å². The minimum atomic E-state index is 0.643. The molecule has 0 N–H and O–H groups in total. The van der Waals surface area contributed by atoms with Crippen LogP contribution in [-0.4, -0.2) is 27.5 Å². The van der Waals surface area contributed by atoms with Crippen molar-refractivity contribution in [1.29, 1.82) is 0 Å². The number of hydrogen-bond donors (Lipinski definition) is 0. The average molecular weight is 193 g/mol. The molecule has 0 spiro atoms. The van der Waals surface area contributed by atoms with Gasteiger partial charge in [-0.25, -0.2) is 0 Å². The van der Waals surface area contributed by atoms with Crippen LogP contribution >= 0.6 is 0 Å². The Balaban J connectivity index is 3.34. The van der Waals surface area contributed by atoms with Gasteiger partial charge in [0.2, 0.25) is 0 Å². The van der Waals surface area contributed by atoms with Gasteiger partial charge >= 0.3 is 0 Å². The molecule has 1 aromatic carbocycles. The fraction of sp³-hybridized carbons (Fsp3) is 0.364. The van der Waals surface area contributed by atoms with Gasteiger partial charge in [-0.1, -0.05) is 0 Å². The lowest BCUT2D eigenvalue weighted by molar-refractivity contribution is 0.112. The molecule has 1 rings (SSSR count). The molecule has 0 saturated heterocycles. The SMILES string of the molecule is COc1cc(C=O)cc(C)c1N(C)C. The zero-order valence-electron chi connectivity index (χ0n) is 9.00. The van der Waals surface area contributed by atoms with Crippen molar-refractivity contribution in [3.63, 3.8) is 0 Å². The standard InChI is InChI=1S/C11H15NO2/c1-8-5-9(7-13)6-10(14-4)11(8)12(2)3/h5-7H,1-4H3. The summed E-state index contributed by atoms with van der Waals surface area (Å²) in [7, 11) is 5.51. The van der Waals surface area contributed by atoms with Crippen molar-refractivity contribution in [1.82, 2.24) is 0 Å². The highest BCUT2D eigenvalue weighted by atomic mass is 16.5. The second-order valence-electron chi connectivity index (χ2n) is 3.40. The van der Waals surface area contributed by atoms with Gasteiger partial charge in [-0.05, 0) is 24.6 Å². The summed E-state index contributed by atoms with van der Waals surface area (Å²) in [6, 6.07) is 3.60. The van der Waals surface area contributed by atoms with Gasteiger partial charge in [0.15, 0.2) is 0 Å². The maximum absolute atomic E-state index is 10.6. The third-order valence-corrected chi connectivity index (χ3v) is 2.09. The van der Waals surface area contributed by atoms with E-state index in [4.69, 9.17) is 4.74 Å². The largest absolute Gasteiger partial charge is 0.495 e. The molecule has 14 heavy (non-hydrogen) atoms. The molecule has 0 heterocycles. The van der Waals surface area contributed by atoms with E-state index in [2.05, 4.69) is 0 Å². The first-order chi connectivity index (χ1) is 6.60. The van der Waals surface area contributed by atoms with Crippen LogP contribution in [0.2, 0.25) is 0 Å². The Morgan fingerprint density at radius 1 is 1.36 bits per heavy atom. The molecule has 0 unspecified atom stereocenters. The number of carbonyl (C=O) groups is 1. The number of methoxy groups -OCH3 is 1. The van der Waals surface area contributed by atoms with Crippen molar-refractivity contribution in [2.75, 3.05) is 26.1 Å². The Morgan fingerprint density at radius 2 is 2.00 bits per heavy atom. The lowest BCUT2D eigenvalue weighted by Gasteiger charge is -2.19. The minimum absolute atomic E-state index is 0.643.